The lowest BCUT2D eigenvalue weighted by molar-refractivity contribution is 0.212. The highest BCUT2D eigenvalue weighted by Gasteiger charge is 2.34. The molecule has 3 heteroatoms. The van der Waals surface area contributed by atoms with Crippen molar-refractivity contribution in [1.82, 2.24) is 4.90 Å². The Morgan fingerprint density at radius 1 is 1.46 bits per heavy atom. The molecule has 0 aromatic rings. The van der Waals surface area contributed by atoms with Gasteiger partial charge in [0.15, 0.2) is 0 Å². The molecule has 0 radical (unpaired) electrons. The number of fused-ring (bicyclic) bond motifs is 1. The van der Waals surface area contributed by atoms with Crippen molar-refractivity contribution in [3.63, 3.8) is 0 Å². The van der Waals surface area contributed by atoms with Crippen LogP contribution in [0.4, 0.5) is 0 Å². The van der Waals surface area contributed by atoms with Crippen molar-refractivity contribution < 1.29 is 0 Å². The minimum Gasteiger partial charge on any atom is -0.297 e. The van der Waals surface area contributed by atoms with Crippen molar-refractivity contribution in [3.05, 3.63) is 0 Å². The third kappa shape index (κ3) is 2.00. The lowest BCUT2D eigenvalue weighted by Gasteiger charge is -2.36. The molecule has 72 valence electrons. The molecule has 1 saturated heterocycles. The van der Waals surface area contributed by atoms with Crippen LogP contribution >= 0.6 is 11.8 Å². The van der Waals surface area contributed by atoms with Crippen LogP contribution in [0.3, 0.4) is 0 Å². The summed E-state index contributed by atoms with van der Waals surface area (Å²) < 4.78 is 0. The second-order valence-corrected chi connectivity index (χ2v) is 5.20. The summed E-state index contributed by atoms with van der Waals surface area (Å²) in [5, 5.41) is 9.44. The summed E-state index contributed by atoms with van der Waals surface area (Å²) in [6.07, 6.45) is 4.86. The molecule has 0 aromatic carbocycles. The molecule has 1 saturated carbocycles. The van der Waals surface area contributed by atoms with E-state index in [1.165, 1.54) is 31.6 Å². The highest BCUT2D eigenvalue weighted by molar-refractivity contribution is 8.00. The van der Waals surface area contributed by atoms with E-state index in [1.54, 1.807) is 0 Å². The molecule has 2 rings (SSSR count). The van der Waals surface area contributed by atoms with Gasteiger partial charge >= 0.3 is 0 Å². The number of nitriles is 1. The lowest BCUT2D eigenvalue weighted by Crippen LogP contribution is -2.44. The topological polar surface area (TPSA) is 27.0 Å². The van der Waals surface area contributed by atoms with Gasteiger partial charge in [0.1, 0.15) is 0 Å². The van der Waals surface area contributed by atoms with Crippen LogP contribution in [0.25, 0.3) is 0 Å². The Morgan fingerprint density at radius 3 is 3.23 bits per heavy atom. The van der Waals surface area contributed by atoms with Crippen molar-refractivity contribution in [3.8, 4) is 6.07 Å². The Bertz CT molecular complexity index is 211. The fourth-order valence-electron chi connectivity index (χ4n) is 2.48. The summed E-state index contributed by atoms with van der Waals surface area (Å²) in [5.41, 5.74) is 0. The largest absolute Gasteiger partial charge is 0.297 e. The van der Waals surface area contributed by atoms with Gasteiger partial charge < -0.3 is 0 Å². The first-order chi connectivity index (χ1) is 6.42. The Morgan fingerprint density at radius 2 is 2.38 bits per heavy atom. The first kappa shape index (κ1) is 9.36. The van der Waals surface area contributed by atoms with Crippen LogP contribution < -0.4 is 0 Å². The van der Waals surface area contributed by atoms with E-state index in [0.717, 1.165) is 17.8 Å². The first-order valence-corrected chi connectivity index (χ1v) is 6.19. The van der Waals surface area contributed by atoms with E-state index in [0.29, 0.717) is 6.42 Å². The summed E-state index contributed by atoms with van der Waals surface area (Å²) >= 11 is 2.15. The number of rotatable bonds is 2. The maximum atomic E-state index is 8.56. The molecule has 13 heavy (non-hydrogen) atoms. The molecule has 1 heterocycles. The molecule has 0 amide bonds. The quantitative estimate of drug-likeness (QED) is 0.674. The predicted molar refractivity (Wildman–Crippen MR) is 55.7 cm³/mol. The zero-order valence-electron chi connectivity index (χ0n) is 7.91. The summed E-state index contributed by atoms with van der Waals surface area (Å²) in [5.74, 6) is 1.27. The van der Waals surface area contributed by atoms with Gasteiger partial charge in [0.25, 0.3) is 0 Å². The van der Waals surface area contributed by atoms with Gasteiger partial charge in [0.05, 0.1) is 6.07 Å². The van der Waals surface area contributed by atoms with E-state index in [2.05, 4.69) is 22.7 Å². The van der Waals surface area contributed by atoms with Gasteiger partial charge in [-0.2, -0.15) is 17.0 Å². The zero-order valence-corrected chi connectivity index (χ0v) is 8.72. The molecule has 0 spiro atoms. The molecule has 2 fully saturated rings. The summed E-state index contributed by atoms with van der Waals surface area (Å²) in [6.45, 7) is 2.20. The molecule has 0 N–H and O–H groups in total. The SMILES string of the molecule is N#CCCN1CCSC2CCCC21. The number of hydrogen-bond donors (Lipinski definition) is 0. The minimum atomic E-state index is 0.702. The Hall–Kier alpha value is -0.200. The number of thioether (sulfide) groups is 1. The highest BCUT2D eigenvalue weighted by Crippen LogP contribution is 2.36. The second kappa shape index (κ2) is 4.34. The van der Waals surface area contributed by atoms with Crippen molar-refractivity contribution in [2.75, 3.05) is 18.8 Å². The molecule has 2 aliphatic rings. The average molecular weight is 196 g/mol. The van der Waals surface area contributed by atoms with Gasteiger partial charge in [0, 0.05) is 36.6 Å². The van der Waals surface area contributed by atoms with Gasteiger partial charge in [-0.15, -0.1) is 0 Å². The third-order valence-corrected chi connectivity index (χ3v) is 4.50. The van der Waals surface area contributed by atoms with E-state index in [4.69, 9.17) is 5.26 Å². The van der Waals surface area contributed by atoms with Crippen LogP contribution in [0.15, 0.2) is 0 Å². The zero-order chi connectivity index (χ0) is 9.10. The fraction of sp³-hybridized carbons (Fsp3) is 0.900. The van der Waals surface area contributed by atoms with Crippen molar-refractivity contribution in [2.24, 2.45) is 0 Å². The van der Waals surface area contributed by atoms with Gasteiger partial charge in [-0.1, -0.05) is 6.42 Å². The standard InChI is InChI=1S/C10H16N2S/c11-5-2-6-12-7-8-13-10-4-1-3-9(10)12/h9-10H,1-4,6-8H2. The van der Waals surface area contributed by atoms with E-state index < -0.39 is 0 Å². The van der Waals surface area contributed by atoms with E-state index in [9.17, 15) is 0 Å². The van der Waals surface area contributed by atoms with Gasteiger partial charge in [0.2, 0.25) is 0 Å². The van der Waals surface area contributed by atoms with Gasteiger partial charge in [-0.3, -0.25) is 4.90 Å². The molecule has 0 aromatic heterocycles. The maximum Gasteiger partial charge on any atom is 0.0635 e. The minimum absolute atomic E-state index is 0.702. The fourth-order valence-corrected chi connectivity index (χ4v) is 3.98. The Kier molecular flexibility index (Phi) is 3.13. The molecular weight excluding hydrogens is 180 g/mol. The van der Waals surface area contributed by atoms with Crippen molar-refractivity contribution in [1.29, 1.82) is 5.26 Å². The summed E-state index contributed by atoms with van der Waals surface area (Å²) in [6, 6.07) is 3.04. The van der Waals surface area contributed by atoms with Crippen LogP contribution in [-0.2, 0) is 0 Å². The third-order valence-electron chi connectivity index (χ3n) is 3.11. The van der Waals surface area contributed by atoms with Crippen LogP contribution in [0.1, 0.15) is 25.7 Å². The van der Waals surface area contributed by atoms with Crippen LogP contribution in [0.2, 0.25) is 0 Å². The monoisotopic (exact) mass is 196 g/mol. The second-order valence-electron chi connectivity index (χ2n) is 3.85. The number of hydrogen-bond acceptors (Lipinski definition) is 3. The van der Waals surface area contributed by atoms with Crippen molar-refractivity contribution >= 4 is 11.8 Å². The average Bonchev–Trinajstić information content (AvgIpc) is 2.62. The maximum absolute atomic E-state index is 8.56. The Balaban J connectivity index is 1.90. The van der Waals surface area contributed by atoms with Gasteiger partial charge in [-0.25, -0.2) is 0 Å². The smallest absolute Gasteiger partial charge is 0.0635 e. The van der Waals surface area contributed by atoms with Crippen LogP contribution in [-0.4, -0.2) is 35.0 Å². The summed E-state index contributed by atoms with van der Waals surface area (Å²) in [7, 11) is 0. The Labute approximate surface area is 84.3 Å². The van der Waals surface area contributed by atoms with Crippen molar-refractivity contribution in [2.45, 2.75) is 37.0 Å². The molecular formula is C10H16N2S. The molecule has 0 bridgehead atoms. The predicted octanol–water partition coefficient (Wildman–Crippen LogP) is 1.87. The van der Waals surface area contributed by atoms with Crippen LogP contribution in [0, 0.1) is 11.3 Å². The van der Waals surface area contributed by atoms with E-state index in [1.807, 2.05) is 0 Å². The molecule has 1 aliphatic heterocycles. The van der Waals surface area contributed by atoms with E-state index >= 15 is 0 Å². The molecule has 2 nitrogen and oxygen atoms in total. The molecule has 2 atom stereocenters. The van der Waals surface area contributed by atoms with E-state index in [-0.39, 0.29) is 0 Å². The lowest BCUT2D eigenvalue weighted by atomic mass is 10.2. The first-order valence-electron chi connectivity index (χ1n) is 5.14. The highest BCUT2D eigenvalue weighted by atomic mass is 32.2. The molecule has 1 aliphatic carbocycles. The molecule has 2 unspecified atom stereocenters. The van der Waals surface area contributed by atoms with Gasteiger partial charge in [-0.05, 0) is 12.8 Å². The van der Waals surface area contributed by atoms with Crippen LogP contribution in [0.5, 0.6) is 0 Å². The normalized spacial score (nSPS) is 34.1. The number of nitrogens with zero attached hydrogens (tertiary/aromatic N) is 2. The summed E-state index contributed by atoms with van der Waals surface area (Å²) in [4.78, 5) is 2.54.